The van der Waals surface area contributed by atoms with E-state index in [2.05, 4.69) is 0 Å². The molecule has 3 rings (SSSR count). The fourth-order valence-corrected chi connectivity index (χ4v) is 3.74. The van der Waals surface area contributed by atoms with Crippen LogP contribution in [0.3, 0.4) is 0 Å². The number of benzene rings is 2. The summed E-state index contributed by atoms with van der Waals surface area (Å²) in [6, 6.07) is 8.67. The average Bonchev–Trinajstić information content (AvgIpc) is 3.03. The van der Waals surface area contributed by atoms with Crippen LogP contribution in [0.15, 0.2) is 47.2 Å². The number of carbonyl (C=O) groups is 2. The van der Waals surface area contributed by atoms with Crippen molar-refractivity contribution < 1.29 is 28.5 Å². The van der Waals surface area contributed by atoms with Crippen molar-refractivity contribution in [1.29, 1.82) is 0 Å². The van der Waals surface area contributed by atoms with E-state index >= 15 is 0 Å². The highest BCUT2D eigenvalue weighted by Crippen LogP contribution is 2.41. The second kappa shape index (κ2) is 9.36. The van der Waals surface area contributed by atoms with Crippen molar-refractivity contribution in [2.75, 3.05) is 33.3 Å². The number of carbonyl (C=O) groups excluding carboxylic acids is 2. The van der Waals surface area contributed by atoms with Crippen LogP contribution in [-0.2, 0) is 14.3 Å². The maximum atomic E-state index is 13.5. The summed E-state index contributed by atoms with van der Waals surface area (Å²) in [5, 5.41) is 0.518. The molecule has 0 saturated carbocycles. The van der Waals surface area contributed by atoms with Crippen LogP contribution in [0.1, 0.15) is 18.1 Å². The number of halogens is 1. The molecule has 0 N–H and O–H groups in total. The highest BCUT2D eigenvalue weighted by Gasteiger charge is 2.38. The molecule has 0 fully saturated rings. The summed E-state index contributed by atoms with van der Waals surface area (Å²) in [6.45, 7) is 3.56. The molecule has 1 heterocycles. The Balaban J connectivity index is 2.19. The van der Waals surface area contributed by atoms with Gasteiger partial charge in [-0.1, -0.05) is 17.7 Å². The molecule has 0 aromatic heterocycles. The van der Waals surface area contributed by atoms with Crippen molar-refractivity contribution >= 4 is 35.2 Å². The first-order chi connectivity index (χ1) is 15.3. The molecule has 0 unspecified atom stereocenters. The van der Waals surface area contributed by atoms with Gasteiger partial charge in [0.25, 0.3) is 5.91 Å². The van der Waals surface area contributed by atoms with Gasteiger partial charge in [0.2, 0.25) is 5.75 Å². The first-order valence-electron chi connectivity index (χ1n) is 9.69. The largest absolute Gasteiger partial charge is 0.493 e. The Morgan fingerprint density at radius 1 is 0.969 bits per heavy atom. The number of aryl methyl sites for hydroxylation is 1. The third-order valence-electron chi connectivity index (χ3n) is 5.20. The third-order valence-corrected chi connectivity index (χ3v) is 5.61. The molecule has 1 aliphatic rings. The highest BCUT2D eigenvalue weighted by molar-refractivity contribution is 6.32. The lowest BCUT2D eigenvalue weighted by atomic mass is 10.0. The van der Waals surface area contributed by atoms with E-state index in [0.29, 0.717) is 39.2 Å². The Morgan fingerprint density at radius 2 is 1.59 bits per heavy atom. The molecular formula is C24H24ClNO6. The van der Waals surface area contributed by atoms with Crippen LogP contribution in [0.2, 0.25) is 5.02 Å². The van der Waals surface area contributed by atoms with Crippen LogP contribution in [0.4, 0.5) is 5.69 Å². The Hall–Kier alpha value is -3.45. The van der Waals surface area contributed by atoms with Gasteiger partial charge in [-0.15, -0.1) is 0 Å². The maximum Gasteiger partial charge on any atom is 0.340 e. The molecule has 2 aromatic carbocycles. The number of ether oxygens (including phenoxy) is 4. The monoisotopic (exact) mass is 457 g/mol. The highest BCUT2D eigenvalue weighted by atomic mass is 35.5. The number of amides is 1. The molecule has 168 valence electrons. The number of allylic oxidation sites excluding steroid dienone is 1. The van der Waals surface area contributed by atoms with Gasteiger partial charge in [0, 0.05) is 10.7 Å². The minimum Gasteiger partial charge on any atom is -0.493 e. The molecule has 0 atom stereocenters. The second-order valence-corrected chi connectivity index (χ2v) is 7.45. The summed E-state index contributed by atoms with van der Waals surface area (Å²) in [4.78, 5) is 27.5. The van der Waals surface area contributed by atoms with Crippen LogP contribution < -0.4 is 19.1 Å². The van der Waals surface area contributed by atoms with Gasteiger partial charge < -0.3 is 18.9 Å². The number of nitrogens with zero attached hydrogens (tertiary/aromatic N) is 1. The van der Waals surface area contributed by atoms with Gasteiger partial charge in [0.15, 0.2) is 11.5 Å². The molecule has 1 aliphatic heterocycles. The first-order valence-corrected chi connectivity index (χ1v) is 10.1. The number of rotatable bonds is 6. The predicted molar refractivity (Wildman–Crippen MR) is 122 cm³/mol. The van der Waals surface area contributed by atoms with Crippen molar-refractivity contribution in [3.05, 3.63) is 63.3 Å². The molecule has 0 radical (unpaired) electrons. The van der Waals surface area contributed by atoms with E-state index in [1.807, 2.05) is 13.0 Å². The Morgan fingerprint density at radius 3 is 2.09 bits per heavy atom. The smallest absolute Gasteiger partial charge is 0.340 e. The van der Waals surface area contributed by atoms with Crippen molar-refractivity contribution in [1.82, 2.24) is 0 Å². The number of anilines is 1. The van der Waals surface area contributed by atoms with Gasteiger partial charge >= 0.3 is 5.97 Å². The van der Waals surface area contributed by atoms with Crippen LogP contribution in [-0.4, -0.2) is 40.3 Å². The van der Waals surface area contributed by atoms with Crippen LogP contribution in [0.5, 0.6) is 17.2 Å². The lowest BCUT2D eigenvalue weighted by Crippen LogP contribution is -2.24. The lowest BCUT2D eigenvalue weighted by Gasteiger charge is -2.18. The van der Waals surface area contributed by atoms with E-state index in [9.17, 15) is 9.59 Å². The zero-order chi connectivity index (χ0) is 23.6. The number of methoxy groups -OCH3 is 4. The van der Waals surface area contributed by atoms with E-state index in [4.69, 9.17) is 30.5 Å². The predicted octanol–water partition coefficient (Wildman–Crippen LogP) is 4.55. The summed E-state index contributed by atoms with van der Waals surface area (Å²) < 4.78 is 21.1. The average molecular weight is 458 g/mol. The molecule has 8 heteroatoms. The SMILES string of the molecule is COC(=O)C1=C(C)N(c2ccc(C)c(Cl)c2)C(=O)/C1=C\c1cc(OC)c(OC)c(OC)c1. The van der Waals surface area contributed by atoms with E-state index in [1.165, 1.54) is 33.3 Å². The molecule has 0 aliphatic carbocycles. The zero-order valence-electron chi connectivity index (χ0n) is 18.7. The topological polar surface area (TPSA) is 74.3 Å². The van der Waals surface area contributed by atoms with E-state index in [-0.39, 0.29) is 17.1 Å². The van der Waals surface area contributed by atoms with Crippen molar-refractivity contribution in [3.63, 3.8) is 0 Å². The van der Waals surface area contributed by atoms with Gasteiger partial charge in [0.05, 0.1) is 45.3 Å². The quantitative estimate of drug-likeness (QED) is 0.468. The minimum atomic E-state index is -0.616. The van der Waals surface area contributed by atoms with Gasteiger partial charge in [-0.3, -0.25) is 9.69 Å². The minimum absolute atomic E-state index is 0.169. The van der Waals surface area contributed by atoms with Gasteiger partial charge in [0.1, 0.15) is 0 Å². The molecule has 32 heavy (non-hydrogen) atoms. The summed E-state index contributed by atoms with van der Waals surface area (Å²) in [7, 11) is 5.78. The third kappa shape index (κ3) is 4.03. The Kier molecular flexibility index (Phi) is 6.79. The van der Waals surface area contributed by atoms with E-state index in [0.717, 1.165) is 5.56 Å². The molecule has 0 bridgehead atoms. The standard InChI is InChI=1S/C24H24ClNO6/c1-13-7-8-16(12-18(13)25)26-14(2)21(24(28)32-6)17(23(26)27)9-15-10-19(29-3)22(31-5)20(11-15)30-4/h7-12H,1-6H3/b17-9-. The van der Waals surface area contributed by atoms with Crippen molar-refractivity contribution in [2.24, 2.45) is 0 Å². The number of hydrogen-bond acceptors (Lipinski definition) is 6. The number of esters is 1. The lowest BCUT2D eigenvalue weighted by molar-refractivity contribution is -0.136. The Labute approximate surface area is 191 Å². The second-order valence-electron chi connectivity index (χ2n) is 7.04. The molecule has 0 spiro atoms. The molecular weight excluding hydrogens is 434 g/mol. The number of hydrogen-bond donors (Lipinski definition) is 0. The molecule has 1 amide bonds. The van der Waals surface area contributed by atoms with Gasteiger partial charge in [-0.05, 0) is 55.3 Å². The van der Waals surface area contributed by atoms with Gasteiger partial charge in [-0.25, -0.2) is 4.79 Å². The summed E-state index contributed by atoms with van der Waals surface area (Å²) in [5.74, 6) is 0.274. The molecule has 0 saturated heterocycles. The maximum absolute atomic E-state index is 13.5. The van der Waals surface area contributed by atoms with E-state index < -0.39 is 5.97 Å². The van der Waals surface area contributed by atoms with Crippen LogP contribution in [0, 0.1) is 6.92 Å². The Bertz CT molecular complexity index is 1130. The van der Waals surface area contributed by atoms with Crippen LogP contribution in [0.25, 0.3) is 6.08 Å². The summed E-state index contributed by atoms with van der Waals surface area (Å²) in [5.41, 5.74) is 2.81. The first kappa shape index (κ1) is 23.2. The van der Waals surface area contributed by atoms with Crippen molar-refractivity contribution in [3.8, 4) is 17.2 Å². The fourth-order valence-electron chi connectivity index (χ4n) is 3.56. The summed E-state index contributed by atoms with van der Waals surface area (Å²) >= 11 is 6.28. The van der Waals surface area contributed by atoms with Gasteiger partial charge in [-0.2, -0.15) is 0 Å². The molecule has 2 aromatic rings. The molecule has 7 nitrogen and oxygen atoms in total. The van der Waals surface area contributed by atoms with Crippen molar-refractivity contribution in [2.45, 2.75) is 13.8 Å². The zero-order valence-corrected chi connectivity index (χ0v) is 19.5. The normalized spacial score (nSPS) is 14.8. The summed E-state index contributed by atoms with van der Waals surface area (Å²) in [6.07, 6.45) is 1.60. The van der Waals surface area contributed by atoms with Crippen LogP contribution >= 0.6 is 11.6 Å². The van der Waals surface area contributed by atoms with E-state index in [1.54, 1.807) is 37.3 Å². The fraction of sp³-hybridized carbons (Fsp3) is 0.250.